The lowest BCUT2D eigenvalue weighted by Crippen LogP contribution is -2.29. The molecule has 0 aliphatic heterocycles. The van der Waals surface area contributed by atoms with E-state index in [1.54, 1.807) is 6.07 Å². The van der Waals surface area contributed by atoms with Gasteiger partial charge in [-0.15, -0.1) is 0 Å². The minimum atomic E-state index is -0.412. The monoisotopic (exact) mass is 423 g/mol. The second-order valence-electron chi connectivity index (χ2n) is 8.69. The lowest BCUT2D eigenvalue weighted by Gasteiger charge is -2.22. The molecule has 0 radical (unpaired) electrons. The second-order valence-corrected chi connectivity index (χ2v) is 8.69. The van der Waals surface area contributed by atoms with Crippen molar-refractivity contribution in [1.29, 1.82) is 0 Å². The van der Waals surface area contributed by atoms with Crippen molar-refractivity contribution >= 4 is 10.8 Å². The number of rotatable bonds is 8. The van der Waals surface area contributed by atoms with Crippen LogP contribution in [-0.4, -0.2) is 12.6 Å². The molecule has 0 spiro atoms. The smallest absolute Gasteiger partial charge is 0.131 e. The summed E-state index contributed by atoms with van der Waals surface area (Å²) in [6.45, 7) is 5.04. The Morgan fingerprint density at radius 2 is 1.81 bits per heavy atom. The normalized spacial score (nSPS) is 19.6. The number of benzene rings is 3. The zero-order valence-corrected chi connectivity index (χ0v) is 18.3. The number of ether oxygens (including phenoxy) is 1. The van der Waals surface area contributed by atoms with Crippen LogP contribution in [0.1, 0.15) is 69.0 Å². The summed E-state index contributed by atoms with van der Waals surface area (Å²) in [5.74, 6) is 0.685. The highest BCUT2D eigenvalue weighted by Gasteiger charge is 2.27. The van der Waals surface area contributed by atoms with Crippen LogP contribution in [0.25, 0.3) is 10.8 Å². The van der Waals surface area contributed by atoms with Gasteiger partial charge in [0.1, 0.15) is 17.4 Å². The Bertz CT molecular complexity index is 1020. The van der Waals surface area contributed by atoms with Gasteiger partial charge in [0.05, 0.1) is 6.61 Å². The Kier molecular flexibility index (Phi) is 6.86. The van der Waals surface area contributed by atoms with Crippen molar-refractivity contribution in [2.45, 2.75) is 64.0 Å². The maximum Gasteiger partial charge on any atom is 0.131 e. The van der Waals surface area contributed by atoms with Gasteiger partial charge in [0.2, 0.25) is 0 Å². The van der Waals surface area contributed by atoms with Crippen molar-refractivity contribution in [3.63, 3.8) is 0 Å². The first kappa shape index (κ1) is 21.8. The number of hydrogen-bond acceptors (Lipinski definition) is 2. The quantitative estimate of drug-likeness (QED) is 0.384. The third kappa shape index (κ3) is 5.07. The van der Waals surface area contributed by atoms with Crippen LogP contribution in [0, 0.1) is 11.6 Å². The largest absolute Gasteiger partial charge is 0.494 e. The van der Waals surface area contributed by atoms with E-state index in [0.717, 1.165) is 55.4 Å². The first-order valence-corrected chi connectivity index (χ1v) is 11.4. The number of nitrogens with one attached hydrogen (secondary N) is 1. The molecule has 0 amide bonds. The Hall–Kier alpha value is -2.46. The van der Waals surface area contributed by atoms with E-state index in [1.807, 2.05) is 6.07 Å². The standard InChI is InChI=1S/C27H31F2NO/c1-3-4-15-31-23-10-6-19(7-11-23)20-5-9-22(16-20)30-18(2)24-13-14-27(29)26-17-21(28)8-12-25(24)26/h6-8,10-14,17-18,20,22,30H,3-5,9,15-16H2,1-2H3/t18-,20-,22+/m1/s1. The molecule has 1 aliphatic rings. The van der Waals surface area contributed by atoms with Crippen LogP contribution >= 0.6 is 0 Å². The van der Waals surface area contributed by atoms with Crippen molar-refractivity contribution in [1.82, 2.24) is 5.32 Å². The molecule has 1 fully saturated rings. The van der Waals surface area contributed by atoms with Gasteiger partial charge in [-0.2, -0.15) is 0 Å². The molecule has 2 nitrogen and oxygen atoms in total. The fourth-order valence-electron chi connectivity index (χ4n) is 4.74. The van der Waals surface area contributed by atoms with Crippen LogP contribution in [0.5, 0.6) is 5.75 Å². The molecular weight excluding hydrogens is 392 g/mol. The van der Waals surface area contributed by atoms with Crippen LogP contribution in [0.3, 0.4) is 0 Å². The molecule has 1 N–H and O–H groups in total. The van der Waals surface area contributed by atoms with Crippen molar-refractivity contribution in [3.05, 3.63) is 77.4 Å². The van der Waals surface area contributed by atoms with E-state index in [2.05, 4.69) is 43.4 Å². The molecule has 0 heterocycles. The van der Waals surface area contributed by atoms with E-state index in [0.29, 0.717) is 17.3 Å². The lowest BCUT2D eigenvalue weighted by molar-refractivity contribution is 0.309. The predicted molar refractivity (Wildman–Crippen MR) is 123 cm³/mol. The molecule has 0 bridgehead atoms. The van der Waals surface area contributed by atoms with Crippen molar-refractivity contribution in [2.75, 3.05) is 6.61 Å². The fraction of sp³-hybridized carbons (Fsp3) is 0.407. The summed E-state index contributed by atoms with van der Waals surface area (Å²) in [5, 5.41) is 4.84. The highest BCUT2D eigenvalue weighted by molar-refractivity contribution is 5.86. The van der Waals surface area contributed by atoms with Crippen LogP contribution in [0.4, 0.5) is 8.78 Å². The third-order valence-electron chi connectivity index (χ3n) is 6.46. The highest BCUT2D eigenvalue weighted by Crippen LogP contribution is 2.37. The van der Waals surface area contributed by atoms with E-state index in [9.17, 15) is 8.78 Å². The fourth-order valence-corrected chi connectivity index (χ4v) is 4.74. The molecule has 4 rings (SSSR count). The average Bonchev–Trinajstić information content (AvgIpc) is 3.23. The molecule has 3 aromatic rings. The summed E-state index contributed by atoms with van der Waals surface area (Å²) >= 11 is 0. The second kappa shape index (κ2) is 9.78. The molecule has 3 atom stereocenters. The van der Waals surface area contributed by atoms with E-state index in [4.69, 9.17) is 4.74 Å². The first-order chi connectivity index (χ1) is 15.0. The number of halogens is 2. The number of fused-ring (bicyclic) bond motifs is 1. The zero-order chi connectivity index (χ0) is 21.8. The summed E-state index contributed by atoms with van der Waals surface area (Å²) in [5.41, 5.74) is 2.37. The van der Waals surface area contributed by atoms with Crippen molar-refractivity contribution in [2.24, 2.45) is 0 Å². The number of unbranched alkanes of at least 4 members (excludes halogenated alkanes) is 1. The SMILES string of the molecule is CCCCOc1ccc([C@@H]2CC[C@H](N[C@H](C)c3ccc(F)c4cc(F)ccc34)C2)cc1. The van der Waals surface area contributed by atoms with E-state index in [1.165, 1.54) is 23.8 Å². The zero-order valence-electron chi connectivity index (χ0n) is 18.3. The molecular formula is C27H31F2NO. The summed E-state index contributed by atoms with van der Waals surface area (Å²) in [6.07, 6.45) is 5.55. The van der Waals surface area contributed by atoms with Crippen molar-refractivity contribution < 1.29 is 13.5 Å². The summed E-state index contributed by atoms with van der Waals surface area (Å²) in [6, 6.07) is 16.6. The maximum absolute atomic E-state index is 14.2. The van der Waals surface area contributed by atoms with Crippen LogP contribution in [0.2, 0.25) is 0 Å². The van der Waals surface area contributed by atoms with Gasteiger partial charge in [-0.25, -0.2) is 8.78 Å². The molecule has 3 aromatic carbocycles. The average molecular weight is 424 g/mol. The lowest BCUT2D eigenvalue weighted by atomic mass is 9.96. The molecule has 31 heavy (non-hydrogen) atoms. The number of hydrogen-bond donors (Lipinski definition) is 1. The van der Waals surface area contributed by atoms with Crippen LogP contribution in [0.15, 0.2) is 54.6 Å². The van der Waals surface area contributed by atoms with Gasteiger partial charge in [-0.1, -0.05) is 37.6 Å². The molecule has 0 aromatic heterocycles. The van der Waals surface area contributed by atoms with Gasteiger partial charge in [0, 0.05) is 17.5 Å². The minimum absolute atomic E-state index is 0.0617. The third-order valence-corrected chi connectivity index (χ3v) is 6.46. The van der Waals surface area contributed by atoms with E-state index in [-0.39, 0.29) is 11.9 Å². The Balaban J connectivity index is 1.39. The highest BCUT2D eigenvalue weighted by atomic mass is 19.1. The van der Waals surface area contributed by atoms with E-state index < -0.39 is 5.82 Å². The summed E-state index contributed by atoms with van der Waals surface area (Å²) in [4.78, 5) is 0. The summed E-state index contributed by atoms with van der Waals surface area (Å²) in [7, 11) is 0. The maximum atomic E-state index is 14.2. The van der Waals surface area contributed by atoms with E-state index >= 15 is 0 Å². The van der Waals surface area contributed by atoms with Gasteiger partial charge in [-0.05, 0) is 85.4 Å². The molecule has 0 unspecified atom stereocenters. The van der Waals surface area contributed by atoms with Crippen LogP contribution in [-0.2, 0) is 0 Å². The Morgan fingerprint density at radius 3 is 2.58 bits per heavy atom. The van der Waals surface area contributed by atoms with Gasteiger partial charge in [0.25, 0.3) is 0 Å². The van der Waals surface area contributed by atoms with Gasteiger partial charge < -0.3 is 10.1 Å². The van der Waals surface area contributed by atoms with Gasteiger partial charge in [-0.3, -0.25) is 0 Å². The van der Waals surface area contributed by atoms with Gasteiger partial charge in [0.15, 0.2) is 0 Å². The molecule has 4 heteroatoms. The molecule has 1 saturated carbocycles. The topological polar surface area (TPSA) is 21.3 Å². The molecule has 1 aliphatic carbocycles. The van der Waals surface area contributed by atoms with Crippen LogP contribution < -0.4 is 10.1 Å². The first-order valence-electron chi connectivity index (χ1n) is 11.4. The predicted octanol–water partition coefficient (Wildman–Crippen LogP) is 7.28. The van der Waals surface area contributed by atoms with Gasteiger partial charge >= 0.3 is 0 Å². The molecule has 164 valence electrons. The minimum Gasteiger partial charge on any atom is -0.494 e. The summed E-state index contributed by atoms with van der Waals surface area (Å²) < 4.78 is 33.5. The Labute approximate surface area is 183 Å². The Morgan fingerprint density at radius 1 is 1.00 bits per heavy atom. The van der Waals surface area contributed by atoms with Crippen molar-refractivity contribution in [3.8, 4) is 5.75 Å². The molecule has 0 saturated heterocycles.